The number of benzene rings is 2. The van der Waals surface area contributed by atoms with Crippen LogP contribution in [0.1, 0.15) is 5.56 Å². The molecule has 2 aromatic carbocycles. The zero-order valence-electron chi connectivity index (χ0n) is 17.2. The Morgan fingerprint density at radius 1 is 1.15 bits per heavy atom. The molecular weight excluding hydrogens is 463 g/mol. The van der Waals surface area contributed by atoms with Crippen molar-refractivity contribution < 1.29 is 35.9 Å². The Morgan fingerprint density at radius 3 is 2.36 bits per heavy atom. The van der Waals surface area contributed by atoms with E-state index in [2.05, 4.69) is 11.7 Å². The Labute approximate surface area is 187 Å². The van der Waals surface area contributed by atoms with Gasteiger partial charge in [0, 0.05) is 0 Å². The summed E-state index contributed by atoms with van der Waals surface area (Å²) in [6.07, 6.45) is -2.37. The van der Waals surface area contributed by atoms with E-state index in [1.54, 1.807) is 0 Å². The average molecular weight is 481 g/mol. The van der Waals surface area contributed by atoms with E-state index in [1.807, 2.05) is 0 Å². The Hall–Kier alpha value is -3.64. The van der Waals surface area contributed by atoms with Crippen molar-refractivity contribution in [1.82, 2.24) is 0 Å². The van der Waals surface area contributed by atoms with E-state index in [0.29, 0.717) is 10.8 Å². The third-order valence-electron chi connectivity index (χ3n) is 4.41. The molecule has 12 heteroatoms. The van der Waals surface area contributed by atoms with Gasteiger partial charge < -0.3 is 9.47 Å². The molecule has 0 unspecified atom stereocenters. The average Bonchev–Trinajstić information content (AvgIpc) is 3.08. The quantitative estimate of drug-likeness (QED) is 0.482. The van der Waals surface area contributed by atoms with E-state index in [4.69, 9.17) is 14.6 Å². The van der Waals surface area contributed by atoms with Gasteiger partial charge in [-0.1, -0.05) is 18.7 Å². The van der Waals surface area contributed by atoms with Crippen LogP contribution in [0.15, 0.2) is 70.7 Å². The fourth-order valence-corrected chi connectivity index (χ4v) is 3.43. The second-order valence-corrected chi connectivity index (χ2v) is 8.23. The molecule has 0 saturated heterocycles. The lowest BCUT2D eigenvalue weighted by Gasteiger charge is -2.12. The lowest BCUT2D eigenvalue weighted by molar-refractivity contribution is -0.114. The highest BCUT2D eigenvalue weighted by Gasteiger charge is 2.46. The number of hydrogen-bond acceptors (Lipinski definition) is 6. The summed E-state index contributed by atoms with van der Waals surface area (Å²) in [5, 5.41) is 9.00. The molecule has 0 radical (unpaired) electrons. The van der Waals surface area contributed by atoms with Crippen molar-refractivity contribution in [3.05, 3.63) is 66.3 Å². The van der Waals surface area contributed by atoms with Crippen molar-refractivity contribution >= 4 is 33.4 Å². The van der Waals surface area contributed by atoms with Gasteiger partial charge in [0.25, 0.3) is 5.91 Å². The first-order valence-electron chi connectivity index (χ1n) is 9.22. The number of methoxy groups -OCH3 is 1. The molecule has 3 rings (SSSR count). The van der Waals surface area contributed by atoms with Gasteiger partial charge in [0.05, 0.1) is 23.3 Å². The topological polar surface area (TPSA) is 111 Å². The highest BCUT2D eigenvalue weighted by Crippen LogP contribution is 2.34. The van der Waals surface area contributed by atoms with Crippen LogP contribution in [0.5, 0.6) is 11.5 Å². The zero-order valence-corrected chi connectivity index (χ0v) is 18.0. The van der Waals surface area contributed by atoms with E-state index in [1.165, 1.54) is 31.4 Å². The second kappa shape index (κ2) is 9.08. The largest absolute Gasteiger partial charge is 0.493 e. The number of nitrogens with two attached hydrogens (primary N) is 1. The highest BCUT2D eigenvalue weighted by molar-refractivity contribution is 7.89. The van der Waals surface area contributed by atoms with E-state index in [0.717, 1.165) is 30.3 Å². The molecule has 1 heterocycles. The van der Waals surface area contributed by atoms with E-state index >= 15 is 0 Å². The third kappa shape index (κ3) is 5.23. The number of sulfonamides is 1. The number of hydrazone groups is 1. The third-order valence-corrected chi connectivity index (χ3v) is 5.34. The molecule has 2 N–H and O–H groups in total. The molecule has 33 heavy (non-hydrogen) atoms. The molecule has 0 fully saturated rings. The summed E-state index contributed by atoms with van der Waals surface area (Å²) in [6, 6.07) is 8.75. The number of anilines is 1. The van der Waals surface area contributed by atoms with Gasteiger partial charge in [0.1, 0.15) is 6.61 Å². The fraction of sp³-hybridized carbons (Fsp3) is 0.143. The normalized spacial score (nSPS) is 15.5. The first kappa shape index (κ1) is 24.0. The Bertz CT molecular complexity index is 1250. The zero-order chi connectivity index (χ0) is 24.4. The van der Waals surface area contributed by atoms with E-state index in [-0.39, 0.29) is 28.5 Å². The summed E-state index contributed by atoms with van der Waals surface area (Å²) in [5.74, 6) is -0.451. The Morgan fingerprint density at radius 2 is 1.82 bits per heavy atom. The number of hydrogen-bond donors (Lipinski definition) is 1. The van der Waals surface area contributed by atoms with Gasteiger partial charge in [0.15, 0.2) is 17.2 Å². The molecular formula is C21H18F3N3O5S. The van der Waals surface area contributed by atoms with Crippen molar-refractivity contribution in [1.29, 1.82) is 0 Å². The van der Waals surface area contributed by atoms with Crippen LogP contribution in [-0.4, -0.2) is 39.9 Å². The molecule has 1 amide bonds. The van der Waals surface area contributed by atoms with Gasteiger partial charge in [-0.2, -0.15) is 23.3 Å². The standard InChI is InChI=1S/C21H18F3N3O5S/c1-3-10-32-17-9-4-13(12-18(17)31-2)11-16-19(21(22,23)24)26-27(20(16)28)14-5-7-15(8-6-14)33(25,29)30/h3-9,11-12H,1,10H2,2H3,(H2,25,29,30). The summed E-state index contributed by atoms with van der Waals surface area (Å²) >= 11 is 0. The van der Waals surface area contributed by atoms with E-state index < -0.39 is 33.4 Å². The molecule has 0 aliphatic carbocycles. The van der Waals surface area contributed by atoms with Crippen molar-refractivity contribution in [2.24, 2.45) is 10.2 Å². The summed E-state index contributed by atoms with van der Waals surface area (Å²) in [4.78, 5) is 12.6. The smallest absolute Gasteiger partial charge is 0.435 e. The van der Waals surface area contributed by atoms with Crippen molar-refractivity contribution in [2.75, 3.05) is 18.7 Å². The Balaban J connectivity index is 2.02. The molecule has 0 aromatic heterocycles. The minimum absolute atomic E-state index is 0.0664. The van der Waals surface area contributed by atoms with Crippen LogP contribution >= 0.6 is 0 Å². The number of primary sulfonamides is 1. The van der Waals surface area contributed by atoms with Gasteiger partial charge in [-0.3, -0.25) is 4.79 Å². The van der Waals surface area contributed by atoms with Crippen LogP contribution in [0.4, 0.5) is 18.9 Å². The summed E-state index contributed by atoms with van der Waals surface area (Å²) < 4.78 is 74.3. The van der Waals surface area contributed by atoms with Gasteiger partial charge in [-0.05, 0) is 48.0 Å². The number of amides is 1. The lowest BCUT2D eigenvalue weighted by atomic mass is 10.1. The summed E-state index contributed by atoms with van der Waals surface area (Å²) in [6.45, 7) is 3.73. The van der Waals surface area contributed by atoms with Crippen molar-refractivity contribution in [3.8, 4) is 11.5 Å². The molecule has 8 nitrogen and oxygen atoms in total. The molecule has 1 aliphatic heterocycles. The van der Waals surface area contributed by atoms with Gasteiger partial charge in [-0.15, -0.1) is 0 Å². The van der Waals surface area contributed by atoms with Crippen LogP contribution in [-0.2, 0) is 14.8 Å². The lowest BCUT2D eigenvalue weighted by Crippen LogP contribution is -2.25. The molecule has 174 valence electrons. The van der Waals surface area contributed by atoms with Crippen molar-refractivity contribution in [2.45, 2.75) is 11.1 Å². The van der Waals surface area contributed by atoms with Crippen LogP contribution in [0.25, 0.3) is 6.08 Å². The first-order chi connectivity index (χ1) is 15.5. The number of alkyl halides is 3. The molecule has 2 aromatic rings. The number of rotatable bonds is 7. The maximum absolute atomic E-state index is 13.6. The number of carbonyl (C=O) groups is 1. The Kier molecular flexibility index (Phi) is 6.60. The molecule has 0 atom stereocenters. The van der Waals surface area contributed by atoms with Crippen LogP contribution < -0.4 is 19.6 Å². The summed E-state index contributed by atoms with van der Waals surface area (Å²) in [5.41, 5.74) is -1.92. The van der Waals surface area contributed by atoms with Gasteiger partial charge in [0.2, 0.25) is 10.0 Å². The SMILES string of the molecule is C=CCOc1ccc(C=C2C(=O)N(c3ccc(S(N)(=O)=O)cc3)N=C2C(F)(F)F)cc1OC. The second-order valence-electron chi connectivity index (χ2n) is 6.67. The maximum Gasteiger partial charge on any atom is 0.435 e. The fourth-order valence-electron chi connectivity index (χ4n) is 2.91. The summed E-state index contributed by atoms with van der Waals surface area (Å²) in [7, 11) is -2.65. The predicted molar refractivity (Wildman–Crippen MR) is 115 cm³/mol. The predicted octanol–water partition coefficient (Wildman–Crippen LogP) is 3.26. The minimum Gasteiger partial charge on any atom is -0.493 e. The van der Waals surface area contributed by atoms with Crippen LogP contribution in [0.3, 0.4) is 0 Å². The van der Waals surface area contributed by atoms with Gasteiger partial charge >= 0.3 is 6.18 Å². The molecule has 0 bridgehead atoms. The first-order valence-corrected chi connectivity index (χ1v) is 10.8. The monoisotopic (exact) mass is 481 g/mol. The molecule has 0 saturated carbocycles. The maximum atomic E-state index is 13.6. The van der Waals surface area contributed by atoms with Crippen LogP contribution in [0.2, 0.25) is 0 Å². The number of ether oxygens (including phenoxy) is 2. The van der Waals surface area contributed by atoms with Crippen LogP contribution in [0, 0.1) is 0 Å². The number of halogens is 3. The van der Waals surface area contributed by atoms with Gasteiger partial charge in [-0.25, -0.2) is 13.6 Å². The number of nitrogens with zero attached hydrogens (tertiary/aromatic N) is 2. The molecule has 0 spiro atoms. The minimum atomic E-state index is -4.92. The van der Waals surface area contributed by atoms with E-state index in [9.17, 15) is 26.4 Å². The van der Waals surface area contributed by atoms with Crippen molar-refractivity contribution in [3.63, 3.8) is 0 Å². The number of carbonyl (C=O) groups excluding carboxylic acids is 1. The molecule has 1 aliphatic rings. The highest BCUT2D eigenvalue weighted by atomic mass is 32.2.